The number of nitrogens with two attached hydrogens (primary N) is 1. The number of rotatable bonds is 3. The molecule has 168 valence electrons. The van der Waals surface area contributed by atoms with Gasteiger partial charge in [-0.1, -0.05) is 30.3 Å². The molecule has 0 fully saturated rings. The maximum Gasteiger partial charge on any atom is 0.315 e. The Morgan fingerprint density at radius 2 is 1.94 bits per heavy atom. The molecule has 1 atom stereocenters. The lowest BCUT2D eigenvalue weighted by atomic mass is 9.94. The van der Waals surface area contributed by atoms with Crippen LogP contribution in [0.15, 0.2) is 55.0 Å². The summed E-state index contributed by atoms with van der Waals surface area (Å²) in [5.41, 5.74) is 12.5. The average molecular weight is 443 g/mol. The Bertz CT molecular complexity index is 1260. The summed E-state index contributed by atoms with van der Waals surface area (Å²) in [7, 11) is 1.82. The van der Waals surface area contributed by atoms with E-state index < -0.39 is 6.03 Å². The number of amides is 3. The van der Waals surface area contributed by atoms with Crippen LogP contribution in [-0.4, -0.2) is 49.6 Å². The van der Waals surface area contributed by atoms with Crippen LogP contribution in [0.4, 0.5) is 4.79 Å². The Hall–Kier alpha value is -3.94. The number of urea groups is 1. The summed E-state index contributed by atoms with van der Waals surface area (Å²) in [5, 5.41) is 4.28. The normalized spacial score (nSPS) is 17.6. The molecule has 8 nitrogen and oxygen atoms in total. The fourth-order valence-corrected chi connectivity index (χ4v) is 4.82. The van der Waals surface area contributed by atoms with Gasteiger partial charge in [0.25, 0.3) is 5.91 Å². The molecule has 0 saturated heterocycles. The number of carbonyl (C=O) groups excluding carboxylic acids is 2. The van der Waals surface area contributed by atoms with Crippen LogP contribution in [0.1, 0.15) is 50.8 Å². The molecule has 2 aliphatic rings. The minimum Gasteiger partial charge on any atom is -0.351 e. The highest BCUT2D eigenvalue weighted by Crippen LogP contribution is 2.38. The number of hydrogen-bond acceptors (Lipinski definition) is 4. The molecule has 33 heavy (non-hydrogen) atoms. The van der Waals surface area contributed by atoms with Crippen molar-refractivity contribution < 1.29 is 9.59 Å². The predicted molar refractivity (Wildman–Crippen MR) is 124 cm³/mol. The second-order valence-corrected chi connectivity index (χ2v) is 8.60. The molecule has 0 bridgehead atoms. The average Bonchev–Trinajstić information content (AvgIpc) is 3.38. The molecule has 0 spiro atoms. The van der Waals surface area contributed by atoms with E-state index in [0.717, 1.165) is 34.4 Å². The molecular weight excluding hydrogens is 416 g/mol. The highest BCUT2D eigenvalue weighted by Gasteiger charge is 2.33. The van der Waals surface area contributed by atoms with Crippen LogP contribution in [0.25, 0.3) is 5.57 Å². The highest BCUT2D eigenvalue weighted by molar-refractivity contribution is 5.95. The Morgan fingerprint density at radius 3 is 2.58 bits per heavy atom. The molecule has 2 aliphatic heterocycles. The number of nitrogens with zero attached hydrogens (tertiary/aromatic N) is 5. The largest absolute Gasteiger partial charge is 0.351 e. The molecule has 3 amide bonds. The van der Waals surface area contributed by atoms with E-state index in [4.69, 9.17) is 5.73 Å². The minimum absolute atomic E-state index is 0.0205. The first-order chi connectivity index (χ1) is 15.9. The van der Waals surface area contributed by atoms with Crippen molar-refractivity contribution in [3.63, 3.8) is 0 Å². The molecule has 3 aromatic rings. The zero-order chi connectivity index (χ0) is 23.1. The van der Waals surface area contributed by atoms with Crippen LogP contribution < -0.4 is 5.73 Å². The first kappa shape index (κ1) is 20.9. The molecule has 1 aromatic carbocycles. The summed E-state index contributed by atoms with van der Waals surface area (Å²) in [4.78, 5) is 32.6. The summed E-state index contributed by atoms with van der Waals surface area (Å²) >= 11 is 0. The van der Waals surface area contributed by atoms with Crippen molar-refractivity contribution in [2.75, 3.05) is 13.1 Å². The lowest BCUT2D eigenvalue weighted by molar-refractivity contribution is 0.0772. The molecule has 8 heteroatoms. The molecule has 5 rings (SSSR count). The topological polar surface area (TPSA) is 97.3 Å². The van der Waals surface area contributed by atoms with E-state index in [1.165, 1.54) is 5.57 Å². The number of hydrogen-bond donors (Lipinski definition) is 1. The maximum atomic E-state index is 12.9. The molecular formula is C25H26N6O2. The Balaban J connectivity index is 1.34. The zero-order valence-corrected chi connectivity index (χ0v) is 18.7. The van der Waals surface area contributed by atoms with Crippen LogP contribution in [0.2, 0.25) is 0 Å². The molecule has 1 unspecified atom stereocenters. The second-order valence-electron chi connectivity index (χ2n) is 8.60. The van der Waals surface area contributed by atoms with Crippen molar-refractivity contribution in [2.24, 2.45) is 12.8 Å². The van der Waals surface area contributed by atoms with E-state index >= 15 is 0 Å². The number of aromatic nitrogens is 3. The number of carbonyl (C=O) groups is 2. The van der Waals surface area contributed by atoms with Gasteiger partial charge in [0.15, 0.2) is 0 Å². The van der Waals surface area contributed by atoms with Crippen LogP contribution in [0.5, 0.6) is 0 Å². The number of benzene rings is 1. The van der Waals surface area contributed by atoms with E-state index in [2.05, 4.69) is 40.4 Å². The third-order valence-electron chi connectivity index (χ3n) is 6.51. The lowest BCUT2D eigenvalue weighted by Crippen LogP contribution is -2.35. The Kier molecular flexibility index (Phi) is 5.20. The number of primary amides is 1. The van der Waals surface area contributed by atoms with Gasteiger partial charge in [-0.05, 0) is 47.2 Å². The maximum absolute atomic E-state index is 12.9. The third kappa shape index (κ3) is 3.77. The van der Waals surface area contributed by atoms with E-state index in [1.807, 2.05) is 24.9 Å². The number of pyridine rings is 1. The number of aryl methyl sites for hydroxylation is 2. The molecule has 2 aromatic heterocycles. The zero-order valence-electron chi connectivity index (χ0n) is 18.7. The summed E-state index contributed by atoms with van der Waals surface area (Å²) in [6.45, 7) is 3.57. The van der Waals surface area contributed by atoms with Crippen LogP contribution in [0, 0.1) is 6.92 Å². The smallest absolute Gasteiger partial charge is 0.315 e. The SMILES string of the molecule is Cc1nn(C)cc1C(=O)N1CC=C(c2ccc(C3c4ccncc4CN3C(N)=O)cc2)CC1. The lowest BCUT2D eigenvalue weighted by Gasteiger charge is -2.27. The Labute approximate surface area is 192 Å². The van der Waals surface area contributed by atoms with Crippen molar-refractivity contribution >= 4 is 17.5 Å². The second kappa shape index (κ2) is 8.20. The van der Waals surface area contributed by atoms with Gasteiger partial charge in [0.05, 0.1) is 23.8 Å². The Morgan fingerprint density at radius 1 is 1.15 bits per heavy atom. The summed E-state index contributed by atoms with van der Waals surface area (Å²) in [6.07, 6.45) is 8.23. The molecule has 4 heterocycles. The minimum atomic E-state index is -0.441. The summed E-state index contributed by atoms with van der Waals surface area (Å²) in [6, 6.07) is 9.60. The van der Waals surface area contributed by atoms with E-state index in [-0.39, 0.29) is 11.9 Å². The van der Waals surface area contributed by atoms with Gasteiger partial charge in [-0.3, -0.25) is 14.5 Å². The van der Waals surface area contributed by atoms with Crippen molar-refractivity contribution in [3.05, 3.63) is 88.5 Å². The number of fused-ring (bicyclic) bond motifs is 1. The van der Waals surface area contributed by atoms with Crippen LogP contribution in [0.3, 0.4) is 0 Å². The fraction of sp³-hybridized carbons (Fsp3) is 0.280. The third-order valence-corrected chi connectivity index (χ3v) is 6.51. The van der Waals surface area contributed by atoms with Gasteiger partial charge in [0.2, 0.25) is 0 Å². The van der Waals surface area contributed by atoms with Crippen molar-refractivity contribution in [3.8, 4) is 0 Å². The first-order valence-corrected chi connectivity index (χ1v) is 11.0. The molecule has 0 saturated carbocycles. The van der Waals surface area contributed by atoms with Crippen LogP contribution >= 0.6 is 0 Å². The van der Waals surface area contributed by atoms with Gasteiger partial charge >= 0.3 is 6.03 Å². The van der Waals surface area contributed by atoms with Gasteiger partial charge < -0.3 is 15.5 Å². The first-order valence-electron chi connectivity index (χ1n) is 11.0. The summed E-state index contributed by atoms with van der Waals surface area (Å²) in [5.74, 6) is 0.0205. The van der Waals surface area contributed by atoms with Crippen molar-refractivity contribution in [1.82, 2.24) is 24.6 Å². The van der Waals surface area contributed by atoms with E-state index in [0.29, 0.717) is 25.2 Å². The fourth-order valence-electron chi connectivity index (χ4n) is 4.82. The van der Waals surface area contributed by atoms with Crippen molar-refractivity contribution in [1.29, 1.82) is 0 Å². The standard InChI is InChI=1S/C25H26N6O2/c1-16-22(15-29(2)28-16)24(32)30-11-8-18(9-12-30)17-3-5-19(6-4-17)23-21-7-10-27-13-20(21)14-31(23)25(26)33/h3-8,10,13,15,23H,9,11-12,14H2,1-2H3,(H2,26,33). The molecule has 0 radical (unpaired) electrons. The monoisotopic (exact) mass is 442 g/mol. The van der Waals surface area contributed by atoms with E-state index in [9.17, 15) is 9.59 Å². The van der Waals surface area contributed by atoms with Crippen LogP contribution in [-0.2, 0) is 13.6 Å². The highest BCUT2D eigenvalue weighted by atomic mass is 16.2. The van der Waals surface area contributed by atoms with Gasteiger partial charge in [-0.25, -0.2) is 4.79 Å². The van der Waals surface area contributed by atoms with Gasteiger partial charge in [0.1, 0.15) is 0 Å². The quantitative estimate of drug-likeness (QED) is 0.674. The van der Waals surface area contributed by atoms with E-state index in [1.54, 1.807) is 28.2 Å². The molecule has 0 aliphatic carbocycles. The predicted octanol–water partition coefficient (Wildman–Crippen LogP) is 3.04. The van der Waals surface area contributed by atoms with Crippen molar-refractivity contribution in [2.45, 2.75) is 25.9 Å². The van der Waals surface area contributed by atoms with Gasteiger partial charge in [0, 0.05) is 38.7 Å². The molecule has 2 N–H and O–H groups in total. The van der Waals surface area contributed by atoms with Gasteiger partial charge in [-0.15, -0.1) is 0 Å². The van der Waals surface area contributed by atoms with Gasteiger partial charge in [-0.2, -0.15) is 5.10 Å². The summed E-state index contributed by atoms with van der Waals surface area (Å²) < 4.78 is 1.67.